The Morgan fingerprint density at radius 1 is 1.17 bits per heavy atom. The fourth-order valence-corrected chi connectivity index (χ4v) is 3.18. The summed E-state index contributed by atoms with van der Waals surface area (Å²) in [5.74, 6) is 7.68. The van der Waals surface area contributed by atoms with Crippen LogP contribution >= 0.6 is 11.8 Å². The number of amides is 1. The van der Waals surface area contributed by atoms with Gasteiger partial charge in [-0.05, 0) is 38.1 Å². The molecule has 0 unspecified atom stereocenters. The molecule has 0 aliphatic heterocycles. The summed E-state index contributed by atoms with van der Waals surface area (Å²) in [4.78, 5) is 16.4. The van der Waals surface area contributed by atoms with Crippen molar-refractivity contribution in [3.05, 3.63) is 42.7 Å². The summed E-state index contributed by atoms with van der Waals surface area (Å²) in [5.41, 5.74) is 1.37. The van der Waals surface area contributed by atoms with Gasteiger partial charge in [0.2, 0.25) is 11.1 Å². The number of anilines is 1. The van der Waals surface area contributed by atoms with Crippen LogP contribution in [-0.2, 0) is 4.79 Å². The summed E-state index contributed by atoms with van der Waals surface area (Å²) in [5, 5.41) is 11.4. The van der Waals surface area contributed by atoms with Gasteiger partial charge in [0.25, 0.3) is 0 Å². The summed E-state index contributed by atoms with van der Waals surface area (Å²) < 4.78 is 12.5. The Bertz CT molecular complexity index is 964. The molecule has 0 bridgehead atoms. The maximum atomic E-state index is 12.3. The van der Waals surface area contributed by atoms with Gasteiger partial charge in [0, 0.05) is 29.7 Å². The first-order valence-electron chi connectivity index (χ1n) is 9.05. The van der Waals surface area contributed by atoms with Gasteiger partial charge in [-0.2, -0.15) is 0 Å². The van der Waals surface area contributed by atoms with Gasteiger partial charge in [-0.15, -0.1) is 10.2 Å². The Hall–Kier alpha value is -3.27. The molecule has 0 aliphatic rings. The van der Waals surface area contributed by atoms with Crippen LogP contribution in [0.2, 0.25) is 0 Å². The number of hydrogen-bond acceptors (Lipinski definition) is 8. The Morgan fingerprint density at radius 2 is 1.97 bits per heavy atom. The molecule has 2 aromatic heterocycles. The second-order valence-electron chi connectivity index (χ2n) is 5.78. The number of rotatable bonds is 9. The summed E-state index contributed by atoms with van der Waals surface area (Å²) in [6.07, 6.45) is 3.31. The Morgan fingerprint density at radius 3 is 2.69 bits per heavy atom. The zero-order chi connectivity index (χ0) is 20.6. The van der Waals surface area contributed by atoms with Crippen molar-refractivity contribution in [1.82, 2.24) is 19.9 Å². The molecule has 10 heteroatoms. The highest BCUT2D eigenvalue weighted by Crippen LogP contribution is 2.31. The van der Waals surface area contributed by atoms with Gasteiger partial charge >= 0.3 is 0 Å². The maximum absolute atomic E-state index is 12.3. The lowest BCUT2D eigenvalue weighted by Crippen LogP contribution is -2.16. The van der Waals surface area contributed by atoms with Crippen molar-refractivity contribution in [2.24, 2.45) is 0 Å². The highest BCUT2D eigenvalue weighted by molar-refractivity contribution is 7.99. The number of nitrogens with zero attached hydrogens (tertiary/aromatic N) is 4. The van der Waals surface area contributed by atoms with E-state index in [0.717, 1.165) is 5.56 Å². The number of carbonyl (C=O) groups excluding carboxylic acids is 1. The van der Waals surface area contributed by atoms with Crippen molar-refractivity contribution in [2.75, 3.05) is 30.1 Å². The lowest BCUT2D eigenvalue weighted by Gasteiger charge is -2.13. The van der Waals surface area contributed by atoms with Crippen LogP contribution in [0.4, 0.5) is 5.69 Å². The first-order valence-corrected chi connectivity index (χ1v) is 10.0. The van der Waals surface area contributed by atoms with Crippen LogP contribution in [0.25, 0.3) is 11.4 Å². The first kappa shape index (κ1) is 20.5. The van der Waals surface area contributed by atoms with E-state index in [1.54, 1.807) is 36.7 Å². The molecule has 0 radical (unpaired) electrons. The Labute approximate surface area is 172 Å². The molecule has 0 fully saturated rings. The van der Waals surface area contributed by atoms with E-state index >= 15 is 0 Å². The summed E-state index contributed by atoms with van der Waals surface area (Å²) in [7, 11) is 0. The predicted octanol–water partition coefficient (Wildman–Crippen LogP) is 2.58. The van der Waals surface area contributed by atoms with E-state index in [4.69, 9.17) is 15.3 Å². The molecule has 9 nitrogen and oxygen atoms in total. The summed E-state index contributed by atoms with van der Waals surface area (Å²) >= 11 is 1.19. The number of nitrogens with one attached hydrogen (secondary N) is 1. The zero-order valence-electron chi connectivity index (χ0n) is 16.2. The molecule has 3 aromatic rings. The molecular formula is C19H22N6O3S. The molecule has 3 rings (SSSR count). The van der Waals surface area contributed by atoms with E-state index < -0.39 is 0 Å². The number of carbonyl (C=O) groups is 1. The fourth-order valence-electron chi connectivity index (χ4n) is 2.52. The van der Waals surface area contributed by atoms with Gasteiger partial charge < -0.3 is 20.6 Å². The van der Waals surface area contributed by atoms with Crippen molar-refractivity contribution < 1.29 is 14.3 Å². The fraction of sp³-hybridized carbons (Fsp3) is 0.263. The number of aromatic nitrogens is 4. The minimum Gasteiger partial charge on any atom is -0.490 e. The normalized spacial score (nSPS) is 10.6. The van der Waals surface area contributed by atoms with E-state index in [0.29, 0.717) is 41.4 Å². The van der Waals surface area contributed by atoms with Crippen LogP contribution in [0.5, 0.6) is 11.5 Å². The number of thioether (sulfide) groups is 1. The molecule has 3 N–H and O–H groups in total. The number of pyridine rings is 1. The molecule has 1 amide bonds. The van der Waals surface area contributed by atoms with Crippen molar-refractivity contribution in [2.45, 2.75) is 19.0 Å². The standard InChI is InChI=1S/C19H22N6O3S/c1-3-27-15-8-7-14(10-16(15)28-4-2)22-17(26)12-29-19-24-23-18(25(19)20)13-6-5-9-21-11-13/h5-11H,3-4,12,20H2,1-2H3,(H,22,26). The number of ether oxygens (including phenoxy) is 2. The molecular weight excluding hydrogens is 392 g/mol. The van der Waals surface area contributed by atoms with Crippen molar-refractivity contribution in [1.29, 1.82) is 0 Å². The average Bonchev–Trinajstić information content (AvgIpc) is 3.10. The quantitative estimate of drug-likeness (QED) is 0.405. The lowest BCUT2D eigenvalue weighted by atomic mass is 10.2. The monoisotopic (exact) mass is 414 g/mol. The van der Waals surface area contributed by atoms with Crippen molar-refractivity contribution in [3.8, 4) is 22.9 Å². The molecule has 152 valence electrons. The number of benzene rings is 1. The molecule has 1 aromatic carbocycles. The molecule has 0 saturated heterocycles. The largest absolute Gasteiger partial charge is 0.490 e. The minimum absolute atomic E-state index is 0.125. The zero-order valence-corrected chi connectivity index (χ0v) is 17.0. The van der Waals surface area contributed by atoms with Crippen LogP contribution in [0, 0.1) is 0 Å². The lowest BCUT2D eigenvalue weighted by molar-refractivity contribution is -0.113. The van der Waals surface area contributed by atoms with Gasteiger partial charge in [-0.25, -0.2) is 4.68 Å². The van der Waals surface area contributed by atoms with E-state index in [1.165, 1.54) is 16.4 Å². The van der Waals surface area contributed by atoms with Crippen LogP contribution < -0.4 is 20.6 Å². The van der Waals surface area contributed by atoms with Gasteiger partial charge in [0.05, 0.1) is 19.0 Å². The van der Waals surface area contributed by atoms with Crippen LogP contribution in [0.1, 0.15) is 13.8 Å². The number of hydrogen-bond donors (Lipinski definition) is 2. The first-order chi connectivity index (χ1) is 14.1. The topological polar surface area (TPSA) is 117 Å². The maximum Gasteiger partial charge on any atom is 0.234 e. The Balaban J connectivity index is 1.62. The third kappa shape index (κ3) is 5.17. The summed E-state index contributed by atoms with van der Waals surface area (Å²) in [6.45, 7) is 4.82. The van der Waals surface area contributed by atoms with Crippen molar-refractivity contribution in [3.63, 3.8) is 0 Å². The average molecular weight is 414 g/mol. The van der Waals surface area contributed by atoms with Crippen molar-refractivity contribution >= 4 is 23.4 Å². The van der Waals surface area contributed by atoms with E-state index in [2.05, 4.69) is 20.5 Å². The highest BCUT2D eigenvalue weighted by atomic mass is 32.2. The summed E-state index contributed by atoms with van der Waals surface area (Å²) in [6, 6.07) is 8.90. The van der Waals surface area contributed by atoms with E-state index in [9.17, 15) is 4.79 Å². The van der Waals surface area contributed by atoms with Gasteiger partial charge in [-0.1, -0.05) is 11.8 Å². The predicted molar refractivity (Wildman–Crippen MR) is 112 cm³/mol. The molecule has 0 atom stereocenters. The van der Waals surface area contributed by atoms with E-state index in [-0.39, 0.29) is 11.7 Å². The second kappa shape index (κ2) is 9.78. The number of nitrogen functional groups attached to an aromatic ring is 1. The second-order valence-corrected chi connectivity index (χ2v) is 6.72. The molecule has 2 heterocycles. The van der Waals surface area contributed by atoms with Gasteiger partial charge in [-0.3, -0.25) is 9.78 Å². The molecule has 0 aliphatic carbocycles. The smallest absolute Gasteiger partial charge is 0.234 e. The molecule has 0 saturated carbocycles. The van der Waals surface area contributed by atoms with Crippen LogP contribution in [-0.4, -0.2) is 44.7 Å². The SMILES string of the molecule is CCOc1ccc(NC(=O)CSc2nnc(-c3cccnc3)n2N)cc1OCC. The Kier molecular flexibility index (Phi) is 6.90. The molecule has 29 heavy (non-hydrogen) atoms. The number of nitrogens with two attached hydrogens (primary N) is 1. The van der Waals surface area contributed by atoms with E-state index in [1.807, 2.05) is 19.9 Å². The third-order valence-corrected chi connectivity index (χ3v) is 4.69. The van der Waals surface area contributed by atoms with Gasteiger partial charge in [0.15, 0.2) is 17.3 Å². The van der Waals surface area contributed by atoms with Crippen LogP contribution in [0.3, 0.4) is 0 Å². The molecule has 0 spiro atoms. The minimum atomic E-state index is -0.201. The third-order valence-electron chi connectivity index (χ3n) is 3.74. The van der Waals surface area contributed by atoms with Gasteiger partial charge in [0.1, 0.15) is 0 Å². The van der Waals surface area contributed by atoms with Crippen LogP contribution in [0.15, 0.2) is 47.9 Å². The highest BCUT2D eigenvalue weighted by Gasteiger charge is 2.14.